The highest BCUT2D eigenvalue weighted by Gasteiger charge is 2.47. The molecule has 2 atom stereocenters. The summed E-state index contributed by atoms with van der Waals surface area (Å²) in [6.07, 6.45) is 3.72. The van der Waals surface area contributed by atoms with Crippen molar-refractivity contribution in [2.24, 2.45) is 5.92 Å². The molecule has 3 nitrogen and oxygen atoms in total. The van der Waals surface area contributed by atoms with Crippen molar-refractivity contribution < 1.29 is 14.2 Å². The van der Waals surface area contributed by atoms with E-state index in [1.807, 2.05) is 12.1 Å². The van der Waals surface area contributed by atoms with E-state index < -0.39 is 0 Å². The average Bonchev–Trinajstić information content (AvgIpc) is 2.87. The average molecular weight is 262 g/mol. The lowest BCUT2D eigenvalue weighted by molar-refractivity contribution is 0.0190. The van der Waals surface area contributed by atoms with Gasteiger partial charge < -0.3 is 14.2 Å². The van der Waals surface area contributed by atoms with E-state index in [9.17, 15) is 0 Å². The van der Waals surface area contributed by atoms with Crippen LogP contribution in [0.4, 0.5) is 0 Å². The first-order valence-electron chi connectivity index (χ1n) is 7.02. The molecule has 1 saturated carbocycles. The van der Waals surface area contributed by atoms with Gasteiger partial charge in [-0.15, -0.1) is 0 Å². The predicted octanol–water partition coefficient (Wildman–Crippen LogP) is 3.76. The zero-order chi connectivity index (χ0) is 13.6. The zero-order valence-corrected chi connectivity index (χ0v) is 12.2. The van der Waals surface area contributed by atoms with Gasteiger partial charge in [0.2, 0.25) is 0 Å². The second-order valence-corrected chi connectivity index (χ2v) is 6.06. The minimum Gasteiger partial charge on any atom is -0.493 e. The zero-order valence-electron chi connectivity index (χ0n) is 12.2. The van der Waals surface area contributed by atoms with Gasteiger partial charge in [-0.05, 0) is 44.7 Å². The molecule has 1 aromatic rings. The van der Waals surface area contributed by atoms with Gasteiger partial charge in [0.25, 0.3) is 0 Å². The Morgan fingerprint density at radius 1 is 1.16 bits per heavy atom. The Morgan fingerprint density at radius 2 is 1.95 bits per heavy atom. The Labute approximate surface area is 114 Å². The molecule has 0 radical (unpaired) electrons. The summed E-state index contributed by atoms with van der Waals surface area (Å²) >= 11 is 0. The maximum atomic E-state index is 6.24. The fraction of sp³-hybridized carbons (Fsp3) is 0.625. The lowest BCUT2D eigenvalue weighted by Crippen LogP contribution is -2.42. The number of fused-ring (bicyclic) bond motifs is 3. The van der Waals surface area contributed by atoms with Crippen LogP contribution in [0.3, 0.4) is 0 Å². The summed E-state index contributed by atoms with van der Waals surface area (Å²) in [7, 11) is 3.39. The van der Waals surface area contributed by atoms with E-state index in [0.717, 1.165) is 17.2 Å². The van der Waals surface area contributed by atoms with Crippen LogP contribution >= 0.6 is 0 Å². The van der Waals surface area contributed by atoms with Gasteiger partial charge in [0.15, 0.2) is 11.5 Å². The van der Waals surface area contributed by atoms with Crippen molar-refractivity contribution in [1.29, 1.82) is 0 Å². The molecule has 19 heavy (non-hydrogen) atoms. The van der Waals surface area contributed by atoms with E-state index in [4.69, 9.17) is 14.2 Å². The number of benzene rings is 1. The molecule has 1 fully saturated rings. The summed E-state index contributed by atoms with van der Waals surface area (Å²) in [6.45, 7) is 4.41. The molecule has 0 saturated heterocycles. The van der Waals surface area contributed by atoms with Crippen LogP contribution in [0.1, 0.15) is 44.6 Å². The van der Waals surface area contributed by atoms with E-state index in [1.165, 1.54) is 24.8 Å². The van der Waals surface area contributed by atoms with Gasteiger partial charge in [-0.2, -0.15) is 0 Å². The van der Waals surface area contributed by atoms with Crippen LogP contribution < -0.4 is 14.2 Å². The topological polar surface area (TPSA) is 27.7 Å². The van der Waals surface area contributed by atoms with Gasteiger partial charge in [0.05, 0.1) is 14.2 Å². The third-order valence-corrected chi connectivity index (χ3v) is 4.70. The largest absolute Gasteiger partial charge is 0.493 e. The summed E-state index contributed by atoms with van der Waals surface area (Å²) in [5.74, 6) is 3.72. The van der Waals surface area contributed by atoms with E-state index in [1.54, 1.807) is 14.2 Å². The van der Waals surface area contributed by atoms with Crippen LogP contribution in [0, 0.1) is 5.92 Å². The van der Waals surface area contributed by atoms with E-state index in [0.29, 0.717) is 11.8 Å². The quantitative estimate of drug-likeness (QED) is 0.812. The molecule has 1 aliphatic heterocycles. The standard InChI is InChI=1S/C16H22O3/c1-16(2)11-7-5-6-10(11)14-12(19-16)8-9-13(17-3)15(14)18-4/h8-11H,5-7H2,1-4H3/t10-,11+/m1/s1. The first-order chi connectivity index (χ1) is 9.08. The third-order valence-electron chi connectivity index (χ3n) is 4.70. The van der Waals surface area contributed by atoms with E-state index in [-0.39, 0.29) is 5.60 Å². The first-order valence-corrected chi connectivity index (χ1v) is 7.02. The molecular formula is C16H22O3. The molecule has 1 aromatic carbocycles. The van der Waals surface area contributed by atoms with Crippen molar-refractivity contribution >= 4 is 0 Å². The van der Waals surface area contributed by atoms with Gasteiger partial charge in [0, 0.05) is 11.5 Å². The van der Waals surface area contributed by atoms with Crippen molar-refractivity contribution in [1.82, 2.24) is 0 Å². The number of methoxy groups -OCH3 is 2. The molecule has 0 amide bonds. The molecule has 1 heterocycles. The van der Waals surface area contributed by atoms with Crippen LogP contribution in [0.15, 0.2) is 12.1 Å². The van der Waals surface area contributed by atoms with Gasteiger partial charge >= 0.3 is 0 Å². The Kier molecular flexibility index (Phi) is 2.88. The summed E-state index contributed by atoms with van der Waals surface area (Å²) < 4.78 is 17.3. The second kappa shape index (κ2) is 4.32. The van der Waals surface area contributed by atoms with Crippen LogP contribution in [-0.4, -0.2) is 19.8 Å². The highest BCUT2D eigenvalue weighted by atomic mass is 16.5. The molecule has 1 aliphatic carbocycles. The Hall–Kier alpha value is -1.38. The Balaban J connectivity index is 2.17. The van der Waals surface area contributed by atoms with Gasteiger partial charge in [0.1, 0.15) is 11.4 Å². The number of rotatable bonds is 2. The van der Waals surface area contributed by atoms with Gasteiger partial charge in [-0.25, -0.2) is 0 Å². The lowest BCUT2D eigenvalue weighted by atomic mass is 9.76. The molecule has 0 unspecified atom stereocenters. The third kappa shape index (κ3) is 1.78. The molecule has 3 heteroatoms. The van der Waals surface area contributed by atoms with Crippen LogP contribution in [0.25, 0.3) is 0 Å². The van der Waals surface area contributed by atoms with Crippen LogP contribution in [0.5, 0.6) is 17.2 Å². The van der Waals surface area contributed by atoms with E-state index >= 15 is 0 Å². The van der Waals surface area contributed by atoms with E-state index in [2.05, 4.69) is 13.8 Å². The molecule has 0 bridgehead atoms. The van der Waals surface area contributed by atoms with Crippen molar-refractivity contribution in [2.75, 3.05) is 14.2 Å². The highest BCUT2D eigenvalue weighted by molar-refractivity contribution is 5.57. The minimum absolute atomic E-state index is 0.0895. The summed E-state index contributed by atoms with van der Waals surface area (Å²) in [4.78, 5) is 0. The van der Waals surface area contributed by atoms with Crippen molar-refractivity contribution in [3.63, 3.8) is 0 Å². The summed E-state index contributed by atoms with van der Waals surface area (Å²) in [6, 6.07) is 3.95. The smallest absolute Gasteiger partial charge is 0.167 e. The van der Waals surface area contributed by atoms with Crippen molar-refractivity contribution in [2.45, 2.75) is 44.6 Å². The fourth-order valence-corrected chi connectivity index (χ4v) is 3.87. The maximum Gasteiger partial charge on any atom is 0.167 e. The van der Waals surface area contributed by atoms with Crippen molar-refractivity contribution in [3.8, 4) is 17.2 Å². The SMILES string of the molecule is COc1ccc2c(c1OC)[C@@H]1CCC[C@@H]1C(C)(C)O2. The Morgan fingerprint density at radius 3 is 2.63 bits per heavy atom. The molecule has 0 N–H and O–H groups in total. The summed E-state index contributed by atoms with van der Waals surface area (Å²) in [5, 5.41) is 0. The van der Waals surface area contributed by atoms with Crippen molar-refractivity contribution in [3.05, 3.63) is 17.7 Å². The molecule has 3 rings (SSSR count). The first kappa shape index (κ1) is 12.6. The lowest BCUT2D eigenvalue weighted by Gasteiger charge is -2.42. The van der Waals surface area contributed by atoms with Gasteiger partial charge in [-0.1, -0.05) is 6.42 Å². The molecule has 0 aromatic heterocycles. The number of hydrogen-bond acceptors (Lipinski definition) is 3. The van der Waals surface area contributed by atoms with Crippen LogP contribution in [-0.2, 0) is 0 Å². The molecule has 104 valence electrons. The molecule has 0 spiro atoms. The normalized spacial score (nSPS) is 27.2. The highest BCUT2D eigenvalue weighted by Crippen LogP contribution is 2.57. The monoisotopic (exact) mass is 262 g/mol. The van der Waals surface area contributed by atoms with Gasteiger partial charge in [-0.3, -0.25) is 0 Å². The number of hydrogen-bond donors (Lipinski definition) is 0. The maximum absolute atomic E-state index is 6.24. The molecule has 2 aliphatic rings. The Bertz CT molecular complexity index is 493. The minimum atomic E-state index is -0.0895. The summed E-state index contributed by atoms with van der Waals surface area (Å²) in [5.41, 5.74) is 1.12. The molecular weight excluding hydrogens is 240 g/mol. The number of ether oxygens (including phenoxy) is 3. The van der Waals surface area contributed by atoms with Crippen LogP contribution in [0.2, 0.25) is 0 Å². The fourth-order valence-electron chi connectivity index (χ4n) is 3.87. The predicted molar refractivity (Wildman–Crippen MR) is 74.3 cm³/mol. The second-order valence-electron chi connectivity index (χ2n) is 6.06.